The number of alkyl halides is 3. The monoisotopic (exact) mass is 411 g/mol. The van der Waals surface area contributed by atoms with Gasteiger partial charge in [-0.15, -0.1) is 0 Å². The summed E-state index contributed by atoms with van der Waals surface area (Å²) in [6, 6.07) is 5.62. The molecule has 5 nitrogen and oxygen atoms in total. The Morgan fingerprint density at radius 1 is 0.966 bits per heavy atom. The molecule has 3 rings (SSSR count). The third-order valence-corrected chi connectivity index (χ3v) is 5.75. The van der Waals surface area contributed by atoms with Gasteiger partial charge in [0, 0.05) is 51.5 Å². The molecule has 0 bridgehead atoms. The van der Waals surface area contributed by atoms with Gasteiger partial charge in [-0.25, -0.2) is 0 Å². The maximum absolute atomic E-state index is 12.9. The highest BCUT2D eigenvalue weighted by molar-refractivity contribution is 5.78. The van der Waals surface area contributed by atoms with E-state index < -0.39 is 11.7 Å². The summed E-state index contributed by atoms with van der Waals surface area (Å²) in [5.74, 6) is 0.680. The number of aliphatic imine (C=N–C) groups is 1. The summed E-state index contributed by atoms with van der Waals surface area (Å²) in [6.45, 7) is 7.03. The summed E-state index contributed by atoms with van der Waals surface area (Å²) in [5.41, 5.74) is 6.14. The van der Waals surface area contributed by atoms with E-state index >= 15 is 0 Å². The predicted molar refractivity (Wildman–Crippen MR) is 111 cm³/mol. The van der Waals surface area contributed by atoms with Crippen molar-refractivity contribution in [3.63, 3.8) is 0 Å². The van der Waals surface area contributed by atoms with Crippen LogP contribution in [-0.2, 0) is 6.18 Å². The van der Waals surface area contributed by atoms with Crippen LogP contribution in [0.25, 0.3) is 0 Å². The van der Waals surface area contributed by atoms with Crippen LogP contribution < -0.4 is 10.6 Å². The lowest BCUT2D eigenvalue weighted by Gasteiger charge is -2.36. The van der Waals surface area contributed by atoms with Gasteiger partial charge in [0.1, 0.15) is 0 Å². The Bertz CT molecular complexity index is 663. The van der Waals surface area contributed by atoms with Crippen LogP contribution in [0.5, 0.6) is 0 Å². The van der Waals surface area contributed by atoms with Gasteiger partial charge >= 0.3 is 6.18 Å². The number of piperazine rings is 1. The minimum atomic E-state index is -4.29. The van der Waals surface area contributed by atoms with Crippen molar-refractivity contribution in [2.24, 2.45) is 10.7 Å². The minimum Gasteiger partial charge on any atom is -0.370 e. The van der Waals surface area contributed by atoms with Crippen LogP contribution in [-0.4, -0.2) is 68.1 Å². The third-order valence-electron chi connectivity index (χ3n) is 5.75. The zero-order valence-corrected chi connectivity index (χ0v) is 17.0. The number of halogens is 3. The summed E-state index contributed by atoms with van der Waals surface area (Å²) < 4.78 is 38.7. The lowest BCUT2D eigenvalue weighted by molar-refractivity contribution is -0.137. The number of guanidine groups is 1. The van der Waals surface area contributed by atoms with Crippen molar-refractivity contribution < 1.29 is 13.2 Å². The van der Waals surface area contributed by atoms with Crippen molar-refractivity contribution in [2.45, 2.75) is 38.3 Å². The van der Waals surface area contributed by atoms with Crippen molar-refractivity contribution in [1.29, 1.82) is 0 Å². The molecule has 0 unspecified atom stereocenters. The number of unbranched alkanes of at least 4 members (excludes halogenated alkanes) is 1. The maximum atomic E-state index is 12.9. The third kappa shape index (κ3) is 6.52. The van der Waals surface area contributed by atoms with Gasteiger partial charge in [0.05, 0.1) is 5.56 Å². The van der Waals surface area contributed by atoms with Gasteiger partial charge in [-0.2, -0.15) is 13.2 Å². The summed E-state index contributed by atoms with van der Waals surface area (Å²) in [6.07, 6.45) is 1.44. The molecule has 1 aromatic rings. The topological polar surface area (TPSA) is 48.1 Å². The molecule has 0 radical (unpaired) electrons. The van der Waals surface area contributed by atoms with E-state index in [2.05, 4.69) is 14.8 Å². The smallest absolute Gasteiger partial charge is 0.370 e. The van der Waals surface area contributed by atoms with E-state index in [0.29, 0.717) is 11.6 Å². The molecule has 8 heteroatoms. The Kier molecular flexibility index (Phi) is 7.64. The number of hydrogen-bond donors (Lipinski definition) is 1. The van der Waals surface area contributed by atoms with Crippen molar-refractivity contribution >= 4 is 11.6 Å². The summed E-state index contributed by atoms with van der Waals surface area (Å²) >= 11 is 0. The first-order valence-corrected chi connectivity index (χ1v) is 10.6. The second kappa shape index (κ2) is 10.2. The lowest BCUT2D eigenvalue weighted by Crippen LogP contribution is -2.46. The fraction of sp³-hybridized carbons (Fsp3) is 0.667. The second-order valence-corrected chi connectivity index (χ2v) is 7.87. The molecule has 1 aromatic carbocycles. The molecule has 0 spiro atoms. The van der Waals surface area contributed by atoms with E-state index in [1.54, 1.807) is 6.07 Å². The van der Waals surface area contributed by atoms with Gasteiger partial charge in [-0.1, -0.05) is 6.07 Å². The average molecular weight is 412 g/mol. The van der Waals surface area contributed by atoms with E-state index in [0.717, 1.165) is 71.3 Å². The molecule has 0 aliphatic carbocycles. The van der Waals surface area contributed by atoms with Crippen LogP contribution in [0.15, 0.2) is 29.3 Å². The van der Waals surface area contributed by atoms with Crippen LogP contribution in [0, 0.1) is 0 Å². The number of hydrogen-bond acceptors (Lipinski definition) is 3. The average Bonchev–Trinajstić information content (AvgIpc) is 2.74. The Morgan fingerprint density at radius 3 is 2.38 bits per heavy atom. The largest absolute Gasteiger partial charge is 0.416 e. The zero-order chi connectivity index (χ0) is 20.7. The van der Waals surface area contributed by atoms with E-state index in [9.17, 15) is 13.2 Å². The van der Waals surface area contributed by atoms with Crippen molar-refractivity contribution in [1.82, 2.24) is 9.80 Å². The molecule has 0 aromatic heterocycles. The number of benzene rings is 1. The fourth-order valence-electron chi connectivity index (χ4n) is 3.97. The van der Waals surface area contributed by atoms with Gasteiger partial charge in [0.15, 0.2) is 5.96 Å². The van der Waals surface area contributed by atoms with Crippen molar-refractivity contribution in [2.75, 3.05) is 57.3 Å². The van der Waals surface area contributed by atoms with Crippen molar-refractivity contribution in [3.8, 4) is 0 Å². The quantitative estimate of drug-likeness (QED) is 0.443. The van der Waals surface area contributed by atoms with Crippen LogP contribution in [0.3, 0.4) is 0 Å². The molecule has 0 atom stereocenters. The van der Waals surface area contributed by atoms with Crippen LogP contribution in [0.1, 0.15) is 37.7 Å². The zero-order valence-electron chi connectivity index (χ0n) is 17.0. The SMILES string of the molecule is NC(=NCCCCN1CCN(c2cccc(C(F)(F)F)c2)CC1)N1CCCCC1. The van der Waals surface area contributed by atoms with Crippen LogP contribution in [0.2, 0.25) is 0 Å². The number of rotatable bonds is 6. The van der Waals surface area contributed by atoms with Gasteiger partial charge < -0.3 is 15.5 Å². The first-order chi connectivity index (χ1) is 13.9. The Hall–Kier alpha value is -1.96. The molecular weight excluding hydrogens is 379 g/mol. The lowest BCUT2D eigenvalue weighted by atomic mass is 10.1. The summed E-state index contributed by atoms with van der Waals surface area (Å²) in [4.78, 5) is 11.1. The Labute approximate surface area is 171 Å². The Balaban J connectivity index is 1.35. The van der Waals surface area contributed by atoms with Gasteiger partial charge in [0.25, 0.3) is 0 Å². The van der Waals surface area contributed by atoms with Gasteiger partial charge in [-0.3, -0.25) is 9.89 Å². The van der Waals surface area contributed by atoms with Crippen molar-refractivity contribution in [3.05, 3.63) is 29.8 Å². The molecular formula is C21H32F3N5. The number of piperidine rings is 1. The molecule has 2 heterocycles. The van der Waals surface area contributed by atoms with Crippen LogP contribution >= 0.6 is 0 Å². The maximum Gasteiger partial charge on any atom is 0.416 e. The Morgan fingerprint density at radius 2 is 1.69 bits per heavy atom. The molecule has 2 aliphatic rings. The molecule has 2 N–H and O–H groups in total. The second-order valence-electron chi connectivity index (χ2n) is 7.87. The van der Waals surface area contributed by atoms with E-state index in [4.69, 9.17) is 5.73 Å². The highest BCUT2D eigenvalue weighted by Crippen LogP contribution is 2.31. The molecule has 29 heavy (non-hydrogen) atoms. The normalized spacial score (nSPS) is 19.6. The molecule has 0 saturated carbocycles. The number of nitrogens with zero attached hydrogens (tertiary/aromatic N) is 4. The minimum absolute atomic E-state index is 0.582. The number of nitrogens with two attached hydrogens (primary N) is 1. The van der Waals surface area contributed by atoms with E-state index in [-0.39, 0.29) is 0 Å². The highest BCUT2D eigenvalue weighted by Gasteiger charge is 2.31. The highest BCUT2D eigenvalue weighted by atomic mass is 19.4. The number of anilines is 1. The molecule has 2 fully saturated rings. The first kappa shape index (κ1) is 21.7. The van der Waals surface area contributed by atoms with Gasteiger partial charge in [-0.05, 0) is 56.8 Å². The molecule has 0 amide bonds. The predicted octanol–water partition coefficient (Wildman–Crippen LogP) is 3.41. The van der Waals surface area contributed by atoms with E-state index in [1.165, 1.54) is 31.4 Å². The standard InChI is InChI=1S/C21H32F3N5/c22-21(23,24)18-7-6-8-19(17-18)28-15-13-27(14-16-28)10-5-2-9-26-20(25)29-11-3-1-4-12-29/h6-8,17H,1-5,9-16H2,(H2,25,26). The molecule has 162 valence electrons. The molecule has 2 saturated heterocycles. The first-order valence-electron chi connectivity index (χ1n) is 10.6. The van der Waals surface area contributed by atoms with Gasteiger partial charge in [0.2, 0.25) is 0 Å². The van der Waals surface area contributed by atoms with E-state index in [1.807, 2.05) is 4.90 Å². The van der Waals surface area contributed by atoms with Crippen LogP contribution in [0.4, 0.5) is 18.9 Å². The number of likely N-dealkylation sites (tertiary alicyclic amines) is 1. The molecule has 2 aliphatic heterocycles. The summed E-state index contributed by atoms with van der Waals surface area (Å²) in [5, 5.41) is 0. The fourth-order valence-corrected chi connectivity index (χ4v) is 3.97. The summed E-state index contributed by atoms with van der Waals surface area (Å²) in [7, 11) is 0.